The lowest BCUT2D eigenvalue weighted by atomic mass is 10.1. The maximum absolute atomic E-state index is 11.3. The van der Waals surface area contributed by atoms with E-state index in [4.69, 9.17) is 4.74 Å². The molecule has 0 saturated carbocycles. The Bertz CT molecular complexity index is 528. The Labute approximate surface area is 113 Å². The lowest BCUT2D eigenvalue weighted by Crippen LogP contribution is -2.06. The molecule has 19 heavy (non-hydrogen) atoms. The van der Waals surface area contributed by atoms with E-state index in [1.165, 1.54) is 6.20 Å². The zero-order valence-corrected chi connectivity index (χ0v) is 11.9. The van der Waals surface area contributed by atoms with Gasteiger partial charge in [-0.05, 0) is 32.3 Å². The largest absolute Gasteiger partial charge is 0.466 e. The minimum Gasteiger partial charge on any atom is -0.466 e. The third kappa shape index (κ3) is 5.78. The van der Waals surface area contributed by atoms with Gasteiger partial charge in [0.2, 0.25) is 15.0 Å². The van der Waals surface area contributed by atoms with E-state index < -0.39 is 9.84 Å². The van der Waals surface area contributed by atoms with Crippen LogP contribution in [-0.4, -0.2) is 37.2 Å². The predicted molar refractivity (Wildman–Crippen MR) is 69.3 cm³/mol. The summed E-state index contributed by atoms with van der Waals surface area (Å²) in [7, 11) is -3.37. The summed E-state index contributed by atoms with van der Waals surface area (Å²) in [5.74, 6) is -0.206. The summed E-state index contributed by atoms with van der Waals surface area (Å²) < 4.78 is 27.4. The van der Waals surface area contributed by atoms with Gasteiger partial charge in [-0.3, -0.25) is 4.79 Å². The minimum atomic E-state index is -3.37. The van der Waals surface area contributed by atoms with Crippen LogP contribution in [0.3, 0.4) is 0 Å². The van der Waals surface area contributed by atoms with E-state index >= 15 is 0 Å². The van der Waals surface area contributed by atoms with Gasteiger partial charge in [-0.25, -0.2) is 18.4 Å². The summed E-state index contributed by atoms with van der Waals surface area (Å²) in [4.78, 5) is 18.8. The van der Waals surface area contributed by atoms with Gasteiger partial charge in [0.25, 0.3) is 0 Å². The van der Waals surface area contributed by atoms with E-state index in [1.54, 1.807) is 13.0 Å². The molecule has 106 valence electrons. The molecule has 0 aliphatic rings. The van der Waals surface area contributed by atoms with Crippen molar-refractivity contribution < 1.29 is 17.9 Å². The molecule has 0 unspecified atom stereocenters. The minimum absolute atomic E-state index is 0.157. The van der Waals surface area contributed by atoms with Crippen molar-refractivity contribution in [3.8, 4) is 0 Å². The van der Waals surface area contributed by atoms with Gasteiger partial charge >= 0.3 is 5.97 Å². The molecule has 0 N–H and O–H groups in total. The first-order valence-corrected chi connectivity index (χ1v) is 8.00. The molecule has 1 heterocycles. The molecule has 0 amide bonds. The molecule has 0 radical (unpaired) electrons. The van der Waals surface area contributed by atoms with E-state index in [-0.39, 0.29) is 11.1 Å². The summed E-state index contributed by atoms with van der Waals surface area (Å²) >= 11 is 0. The lowest BCUT2D eigenvalue weighted by molar-refractivity contribution is -0.143. The topological polar surface area (TPSA) is 86.2 Å². The number of ether oxygens (including phenoxy) is 1. The van der Waals surface area contributed by atoms with Crippen LogP contribution in [0.5, 0.6) is 0 Å². The lowest BCUT2D eigenvalue weighted by Gasteiger charge is -2.03. The maximum Gasteiger partial charge on any atom is 0.305 e. The molecular formula is C12H18N2O4S. The fraction of sp³-hybridized carbons (Fsp3) is 0.583. The second kappa shape index (κ2) is 7.18. The van der Waals surface area contributed by atoms with Crippen LogP contribution in [0.4, 0.5) is 0 Å². The highest BCUT2D eigenvalue weighted by atomic mass is 32.2. The van der Waals surface area contributed by atoms with Gasteiger partial charge in [-0.15, -0.1) is 0 Å². The zero-order valence-electron chi connectivity index (χ0n) is 11.1. The molecule has 1 rings (SSSR count). The first-order chi connectivity index (χ1) is 8.93. The van der Waals surface area contributed by atoms with E-state index in [0.29, 0.717) is 31.6 Å². The number of rotatable bonds is 7. The molecule has 0 spiro atoms. The average molecular weight is 286 g/mol. The SMILES string of the molecule is CCOC(=O)CCCCc1ccnc(S(C)(=O)=O)n1. The van der Waals surface area contributed by atoms with Crippen molar-refractivity contribution in [2.45, 2.75) is 37.8 Å². The summed E-state index contributed by atoms with van der Waals surface area (Å²) in [6, 6.07) is 1.68. The summed E-state index contributed by atoms with van der Waals surface area (Å²) in [6.07, 6.45) is 4.94. The van der Waals surface area contributed by atoms with Gasteiger partial charge in [-0.2, -0.15) is 0 Å². The van der Waals surface area contributed by atoms with Crippen LogP contribution in [0, 0.1) is 0 Å². The predicted octanol–water partition coefficient (Wildman–Crippen LogP) is 1.16. The molecule has 0 aliphatic carbocycles. The van der Waals surface area contributed by atoms with Crippen molar-refractivity contribution in [2.75, 3.05) is 12.9 Å². The number of nitrogens with zero attached hydrogens (tertiary/aromatic N) is 2. The van der Waals surface area contributed by atoms with Crippen molar-refractivity contribution in [1.29, 1.82) is 0 Å². The molecule has 7 heteroatoms. The highest BCUT2D eigenvalue weighted by molar-refractivity contribution is 7.90. The number of aryl methyl sites for hydroxylation is 1. The van der Waals surface area contributed by atoms with E-state index in [0.717, 1.165) is 12.7 Å². The molecule has 0 fully saturated rings. The van der Waals surface area contributed by atoms with Gasteiger partial charge in [0.05, 0.1) is 6.61 Å². The standard InChI is InChI=1S/C12H18N2O4S/c1-3-18-11(15)7-5-4-6-10-8-9-13-12(14-10)19(2,16)17/h8-9H,3-7H2,1-2H3. The molecule has 0 saturated heterocycles. The smallest absolute Gasteiger partial charge is 0.305 e. The number of esters is 1. The number of hydrogen-bond acceptors (Lipinski definition) is 6. The van der Waals surface area contributed by atoms with Crippen molar-refractivity contribution in [3.63, 3.8) is 0 Å². The molecule has 1 aromatic heterocycles. The van der Waals surface area contributed by atoms with Crippen LogP contribution in [0.25, 0.3) is 0 Å². The van der Waals surface area contributed by atoms with Crippen molar-refractivity contribution >= 4 is 15.8 Å². The van der Waals surface area contributed by atoms with E-state index in [1.807, 2.05) is 0 Å². The Morgan fingerprint density at radius 3 is 2.74 bits per heavy atom. The van der Waals surface area contributed by atoms with Gasteiger partial charge in [0.15, 0.2) is 0 Å². The van der Waals surface area contributed by atoms with Crippen LogP contribution in [-0.2, 0) is 25.8 Å². The molecule has 1 aromatic rings. The number of carbonyl (C=O) groups is 1. The third-order valence-electron chi connectivity index (χ3n) is 2.39. The van der Waals surface area contributed by atoms with Gasteiger partial charge in [0, 0.05) is 24.6 Å². The van der Waals surface area contributed by atoms with Crippen LogP contribution in [0.15, 0.2) is 17.4 Å². The van der Waals surface area contributed by atoms with Crippen LogP contribution < -0.4 is 0 Å². The number of hydrogen-bond donors (Lipinski definition) is 0. The second-order valence-electron chi connectivity index (χ2n) is 4.11. The van der Waals surface area contributed by atoms with Crippen molar-refractivity contribution in [1.82, 2.24) is 9.97 Å². The van der Waals surface area contributed by atoms with Crippen LogP contribution in [0.1, 0.15) is 31.9 Å². The average Bonchev–Trinajstić information content (AvgIpc) is 2.34. The van der Waals surface area contributed by atoms with Crippen LogP contribution >= 0.6 is 0 Å². The number of unbranched alkanes of at least 4 members (excludes halogenated alkanes) is 1. The highest BCUT2D eigenvalue weighted by Gasteiger charge is 2.11. The van der Waals surface area contributed by atoms with Gasteiger partial charge in [0.1, 0.15) is 0 Å². The quantitative estimate of drug-likeness (QED) is 0.424. The molecule has 0 atom stereocenters. The normalized spacial score (nSPS) is 11.3. The Kier molecular flexibility index (Phi) is 5.88. The second-order valence-corrected chi connectivity index (χ2v) is 6.02. The Hall–Kier alpha value is -1.50. The summed E-state index contributed by atoms with van der Waals surface area (Å²) in [6.45, 7) is 2.16. The third-order valence-corrected chi connectivity index (χ3v) is 3.25. The first kappa shape index (κ1) is 15.6. The molecule has 0 aromatic carbocycles. The first-order valence-electron chi connectivity index (χ1n) is 6.11. The molecule has 6 nitrogen and oxygen atoms in total. The molecule has 0 bridgehead atoms. The van der Waals surface area contributed by atoms with Gasteiger partial charge in [-0.1, -0.05) is 0 Å². The highest BCUT2D eigenvalue weighted by Crippen LogP contribution is 2.07. The fourth-order valence-electron chi connectivity index (χ4n) is 1.50. The van der Waals surface area contributed by atoms with Crippen molar-refractivity contribution in [2.24, 2.45) is 0 Å². The van der Waals surface area contributed by atoms with Gasteiger partial charge < -0.3 is 4.74 Å². The molecule has 0 aliphatic heterocycles. The molecular weight excluding hydrogens is 268 g/mol. The van der Waals surface area contributed by atoms with E-state index in [9.17, 15) is 13.2 Å². The van der Waals surface area contributed by atoms with Crippen molar-refractivity contribution in [3.05, 3.63) is 18.0 Å². The Balaban J connectivity index is 2.44. The number of sulfone groups is 1. The fourth-order valence-corrected chi connectivity index (χ4v) is 2.04. The Morgan fingerprint density at radius 2 is 2.11 bits per heavy atom. The number of aromatic nitrogens is 2. The maximum atomic E-state index is 11.3. The number of carbonyl (C=O) groups excluding carboxylic acids is 1. The summed E-state index contributed by atoms with van der Waals surface area (Å²) in [5, 5.41) is -0.157. The Morgan fingerprint density at radius 1 is 1.37 bits per heavy atom. The van der Waals surface area contributed by atoms with E-state index in [2.05, 4.69) is 9.97 Å². The van der Waals surface area contributed by atoms with Crippen LogP contribution in [0.2, 0.25) is 0 Å². The monoisotopic (exact) mass is 286 g/mol. The zero-order chi connectivity index (χ0) is 14.3. The summed E-state index contributed by atoms with van der Waals surface area (Å²) in [5.41, 5.74) is 0.666.